The van der Waals surface area contributed by atoms with Gasteiger partial charge in [0.1, 0.15) is 6.04 Å². The van der Waals surface area contributed by atoms with Crippen LogP contribution >= 0.6 is 0 Å². The van der Waals surface area contributed by atoms with Crippen LogP contribution in [0.4, 0.5) is 0 Å². The third-order valence-electron chi connectivity index (χ3n) is 1.95. The molecule has 0 aromatic rings. The Labute approximate surface area is 90.4 Å². The van der Waals surface area contributed by atoms with Crippen LogP contribution in [0.2, 0.25) is 0 Å². The summed E-state index contributed by atoms with van der Waals surface area (Å²) in [6.45, 7) is 5.42. The van der Waals surface area contributed by atoms with Crippen molar-refractivity contribution >= 4 is 11.9 Å². The minimum absolute atomic E-state index is 0.00511. The Morgan fingerprint density at radius 3 is 2.20 bits per heavy atom. The first-order valence-electron chi connectivity index (χ1n) is 5.01. The summed E-state index contributed by atoms with van der Waals surface area (Å²) in [5, 5.41) is 2.60. The first-order chi connectivity index (χ1) is 6.88. The summed E-state index contributed by atoms with van der Waals surface area (Å²) in [5.41, 5.74) is 5.48. The summed E-state index contributed by atoms with van der Waals surface area (Å²) in [4.78, 5) is 22.7. The summed E-state index contributed by atoms with van der Waals surface area (Å²) >= 11 is 0. The average molecular weight is 216 g/mol. The van der Waals surface area contributed by atoms with Gasteiger partial charge < -0.3 is 15.8 Å². The Bertz CT molecular complexity index is 227. The van der Waals surface area contributed by atoms with Crippen LogP contribution in [0.15, 0.2) is 0 Å². The number of esters is 1. The van der Waals surface area contributed by atoms with Gasteiger partial charge in [0.25, 0.3) is 0 Å². The normalized spacial score (nSPS) is 14.5. The molecule has 0 rings (SSSR count). The predicted molar refractivity (Wildman–Crippen MR) is 57.1 cm³/mol. The van der Waals surface area contributed by atoms with Crippen molar-refractivity contribution in [1.29, 1.82) is 0 Å². The number of nitrogens with two attached hydrogens (primary N) is 1. The van der Waals surface area contributed by atoms with Crippen molar-refractivity contribution in [3.05, 3.63) is 0 Å². The van der Waals surface area contributed by atoms with Crippen molar-refractivity contribution < 1.29 is 14.3 Å². The number of hydrogen-bond acceptors (Lipinski definition) is 4. The number of ether oxygens (including phenoxy) is 1. The van der Waals surface area contributed by atoms with E-state index in [-0.39, 0.29) is 24.3 Å². The Hall–Kier alpha value is -1.10. The standard InChI is InChI=1S/C10H20N2O3/c1-6(2)9(10(14)15-4)12-8(13)5-7(3)11/h6-7,9H,5,11H2,1-4H3,(H,12,13). The SMILES string of the molecule is COC(=O)C(NC(=O)CC(C)N)C(C)C. The fourth-order valence-corrected chi connectivity index (χ4v) is 1.15. The monoisotopic (exact) mass is 216 g/mol. The van der Waals surface area contributed by atoms with Gasteiger partial charge >= 0.3 is 5.97 Å². The average Bonchev–Trinajstić information content (AvgIpc) is 2.11. The second-order valence-corrected chi connectivity index (χ2v) is 3.99. The zero-order valence-corrected chi connectivity index (χ0v) is 9.74. The molecule has 0 aliphatic heterocycles. The fourth-order valence-electron chi connectivity index (χ4n) is 1.15. The summed E-state index contributed by atoms with van der Waals surface area (Å²) in [6, 6.07) is -0.809. The molecule has 5 heteroatoms. The van der Waals surface area contributed by atoms with Crippen molar-refractivity contribution in [1.82, 2.24) is 5.32 Å². The smallest absolute Gasteiger partial charge is 0.328 e. The molecule has 0 fully saturated rings. The van der Waals surface area contributed by atoms with E-state index in [9.17, 15) is 9.59 Å². The summed E-state index contributed by atoms with van der Waals surface area (Å²) in [7, 11) is 1.30. The van der Waals surface area contributed by atoms with Crippen LogP contribution in [-0.4, -0.2) is 31.1 Å². The van der Waals surface area contributed by atoms with E-state index in [2.05, 4.69) is 10.1 Å². The number of rotatable bonds is 5. The van der Waals surface area contributed by atoms with Crippen molar-refractivity contribution in [2.45, 2.75) is 39.3 Å². The number of amides is 1. The van der Waals surface area contributed by atoms with Gasteiger partial charge in [-0.25, -0.2) is 4.79 Å². The van der Waals surface area contributed by atoms with Crippen LogP contribution in [-0.2, 0) is 14.3 Å². The molecule has 1 amide bonds. The lowest BCUT2D eigenvalue weighted by Gasteiger charge is -2.20. The molecule has 3 N–H and O–H groups in total. The van der Waals surface area contributed by atoms with E-state index in [1.807, 2.05) is 13.8 Å². The van der Waals surface area contributed by atoms with E-state index >= 15 is 0 Å². The van der Waals surface area contributed by atoms with E-state index in [0.29, 0.717) is 0 Å². The van der Waals surface area contributed by atoms with Gasteiger partial charge in [0.05, 0.1) is 7.11 Å². The van der Waals surface area contributed by atoms with E-state index < -0.39 is 12.0 Å². The number of carbonyl (C=O) groups excluding carboxylic acids is 2. The maximum Gasteiger partial charge on any atom is 0.328 e. The van der Waals surface area contributed by atoms with Gasteiger partial charge in [-0.05, 0) is 12.8 Å². The molecule has 0 aliphatic rings. The van der Waals surface area contributed by atoms with Gasteiger partial charge in [-0.1, -0.05) is 13.8 Å². The van der Waals surface area contributed by atoms with Crippen LogP contribution in [0, 0.1) is 5.92 Å². The quantitative estimate of drug-likeness (QED) is 0.636. The van der Waals surface area contributed by atoms with Gasteiger partial charge in [0.15, 0.2) is 0 Å². The molecule has 5 nitrogen and oxygen atoms in total. The molecule has 0 saturated heterocycles. The van der Waals surface area contributed by atoms with Gasteiger partial charge in [0, 0.05) is 12.5 Å². The van der Waals surface area contributed by atoms with Crippen LogP contribution in [0.1, 0.15) is 27.2 Å². The third-order valence-corrected chi connectivity index (χ3v) is 1.95. The lowest BCUT2D eigenvalue weighted by molar-refractivity contribution is -0.146. The van der Waals surface area contributed by atoms with E-state index in [1.54, 1.807) is 6.92 Å². The summed E-state index contributed by atoms with van der Waals surface area (Å²) < 4.78 is 4.59. The zero-order chi connectivity index (χ0) is 12.0. The molecule has 0 aromatic carbocycles. The second kappa shape index (κ2) is 6.40. The highest BCUT2D eigenvalue weighted by Gasteiger charge is 2.24. The summed E-state index contributed by atoms with van der Waals surface area (Å²) in [6.07, 6.45) is 0.209. The first kappa shape index (κ1) is 13.9. The van der Waals surface area contributed by atoms with Crippen molar-refractivity contribution in [3.63, 3.8) is 0 Å². The lowest BCUT2D eigenvalue weighted by atomic mass is 10.0. The molecule has 0 heterocycles. The summed E-state index contributed by atoms with van der Waals surface area (Å²) in [5.74, 6) is -0.661. The van der Waals surface area contributed by atoms with Crippen molar-refractivity contribution in [3.8, 4) is 0 Å². The largest absolute Gasteiger partial charge is 0.467 e. The molecule has 88 valence electrons. The molecule has 0 radical (unpaired) electrons. The van der Waals surface area contributed by atoms with Gasteiger partial charge in [0.2, 0.25) is 5.91 Å². The molecular weight excluding hydrogens is 196 g/mol. The van der Waals surface area contributed by atoms with Crippen LogP contribution in [0.5, 0.6) is 0 Å². The van der Waals surface area contributed by atoms with Gasteiger partial charge in [-0.3, -0.25) is 4.79 Å². The highest BCUT2D eigenvalue weighted by molar-refractivity contribution is 5.84. The van der Waals surface area contributed by atoms with Crippen LogP contribution < -0.4 is 11.1 Å². The number of hydrogen-bond donors (Lipinski definition) is 2. The minimum Gasteiger partial charge on any atom is -0.467 e. The van der Waals surface area contributed by atoms with Crippen molar-refractivity contribution in [2.24, 2.45) is 11.7 Å². The molecule has 2 atom stereocenters. The Morgan fingerprint density at radius 2 is 1.87 bits per heavy atom. The number of carbonyl (C=O) groups is 2. The minimum atomic E-state index is -0.596. The van der Waals surface area contributed by atoms with E-state index in [4.69, 9.17) is 5.73 Å². The van der Waals surface area contributed by atoms with E-state index in [0.717, 1.165) is 0 Å². The maximum atomic E-state index is 11.4. The molecule has 0 saturated carbocycles. The topological polar surface area (TPSA) is 81.4 Å². The maximum absolute atomic E-state index is 11.4. The van der Waals surface area contributed by atoms with E-state index in [1.165, 1.54) is 7.11 Å². The highest BCUT2D eigenvalue weighted by atomic mass is 16.5. The van der Waals surface area contributed by atoms with Crippen LogP contribution in [0.25, 0.3) is 0 Å². The predicted octanol–water partition coefficient (Wildman–Crippen LogP) is 0.0375. The third kappa shape index (κ3) is 5.37. The molecule has 0 aliphatic carbocycles. The van der Waals surface area contributed by atoms with Crippen LogP contribution in [0.3, 0.4) is 0 Å². The molecule has 0 spiro atoms. The Morgan fingerprint density at radius 1 is 1.33 bits per heavy atom. The fraction of sp³-hybridized carbons (Fsp3) is 0.800. The number of methoxy groups -OCH3 is 1. The Kier molecular flexibility index (Phi) is 5.93. The highest BCUT2D eigenvalue weighted by Crippen LogP contribution is 2.04. The molecule has 2 unspecified atom stereocenters. The molecule has 0 bridgehead atoms. The first-order valence-corrected chi connectivity index (χ1v) is 5.01. The lowest BCUT2D eigenvalue weighted by Crippen LogP contribution is -2.46. The zero-order valence-electron chi connectivity index (χ0n) is 9.74. The number of nitrogens with one attached hydrogen (secondary N) is 1. The molecular formula is C10H20N2O3. The Balaban J connectivity index is 4.29. The molecule has 15 heavy (non-hydrogen) atoms. The van der Waals surface area contributed by atoms with Gasteiger partial charge in [-0.2, -0.15) is 0 Å². The second-order valence-electron chi connectivity index (χ2n) is 3.99. The van der Waals surface area contributed by atoms with Gasteiger partial charge in [-0.15, -0.1) is 0 Å². The van der Waals surface area contributed by atoms with Crippen molar-refractivity contribution in [2.75, 3.05) is 7.11 Å². The molecule has 0 aromatic heterocycles.